The zero-order valence-electron chi connectivity index (χ0n) is 23.0. The van der Waals surface area contributed by atoms with Gasteiger partial charge in [-0.25, -0.2) is 9.59 Å². The van der Waals surface area contributed by atoms with Crippen LogP contribution in [0.1, 0.15) is 77.3 Å². The third-order valence-corrected chi connectivity index (χ3v) is 9.48. The summed E-state index contributed by atoms with van der Waals surface area (Å²) >= 11 is 0. The molecule has 1 aromatic rings. The summed E-state index contributed by atoms with van der Waals surface area (Å²) < 4.78 is 0. The standard InChI is InChI=1S/C17H25N3O.C11H18N4O.2CH4/c1-13-5-4-6-14(11-13)17(20(2)3)9-7-16(8-10-17)12-18-15(21)19-16;1-15(2)11(7-12)5-3-10(4-6-11)8-13-9(16)14-10;;/h4-6,11H,7-10,12H2,1-3H3,(H2,18,19,21);3-6,8H2,1-2H3,(H2,13,14,16);2*1H4. The molecule has 2 spiro atoms. The van der Waals surface area contributed by atoms with Crippen LogP contribution in [-0.2, 0) is 5.54 Å². The lowest BCUT2D eigenvalue weighted by atomic mass is 9.68. The fraction of sp³-hybridized carbons (Fsp3) is 0.700. The van der Waals surface area contributed by atoms with E-state index in [1.807, 2.05) is 19.0 Å². The topological polar surface area (TPSA) is 113 Å². The molecule has 4 N–H and O–H groups in total. The van der Waals surface area contributed by atoms with Gasteiger partial charge in [0.15, 0.2) is 0 Å². The van der Waals surface area contributed by atoms with Gasteiger partial charge in [0.1, 0.15) is 5.54 Å². The number of carbonyl (C=O) groups excluding carboxylic acids is 2. The number of urea groups is 2. The summed E-state index contributed by atoms with van der Waals surface area (Å²) in [5.74, 6) is 0. The van der Waals surface area contributed by atoms with Crippen molar-refractivity contribution in [3.05, 3.63) is 35.4 Å². The fourth-order valence-electron chi connectivity index (χ4n) is 6.63. The molecule has 218 valence electrons. The molecule has 0 unspecified atom stereocenters. The Labute approximate surface area is 236 Å². The molecule has 2 saturated heterocycles. The summed E-state index contributed by atoms with van der Waals surface area (Å²) in [6.45, 7) is 3.61. The highest BCUT2D eigenvalue weighted by atomic mass is 16.2. The Hall–Kier alpha value is -2.83. The summed E-state index contributed by atoms with van der Waals surface area (Å²) in [5, 5.41) is 21.2. The van der Waals surface area contributed by atoms with E-state index < -0.39 is 0 Å². The summed E-state index contributed by atoms with van der Waals surface area (Å²) in [4.78, 5) is 27.0. The van der Waals surface area contributed by atoms with E-state index in [9.17, 15) is 14.9 Å². The number of nitrogens with zero attached hydrogens (tertiary/aromatic N) is 3. The van der Waals surface area contributed by atoms with Crippen LogP contribution in [0, 0.1) is 18.3 Å². The molecule has 0 bridgehead atoms. The molecule has 2 aliphatic heterocycles. The Balaban J connectivity index is 0.000000269. The van der Waals surface area contributed by atoms with Crippen LogP contribution in [0.2, 0.25) is 0 Å². The van der Waals surface area contributed by atoms with Gasteiger partial charge in [0.2, 0.25) is 0 Å². The largest absolute Gasteiger partial charge is 0.336 e. The maximum Gasteiger partial charge on any atom is 0.315 e. The van der Waals surface area contributed by atoms with Crippen LogP contribution >= 0.6 is 0 Å². The van der Waals surface area contributed by atoms with E-state index in [0.717, 1.165) is 57.9 Å². The number of rotatable bonds is 3. The second-order valence-electron chi connectivity index (χ2n) is 12.0. The molecule has 5 rings (SSSR count). The van der Waals surface area contributed by atoms with Gasteiger partial charge in [-0.15, -0.1) is 0 Å². The first kappa shape index (κ1) is 32.4. The van der Waals surface area contributed by atoms with Crippen LogP contribution in [0.4, 0.5) is 9.59 Å². The third kappa shape index (κ3) is 6.33. The molecule has 39 heavy (non-hydrogen) atoms. The molecule has 0 radical (unpaired) electrons. The van der Waals surface area contributed by atoms with Crippen molar-refractivity contribution in [2.45, 2.75) is 95.3 Å². The molecule has 0 atom stereocenters. The molecule has 0 aromatic heterocycles. The highest BCUT2D eigenvalue weighted by Gasteiger charge is 2.48. The number of hydrogen-bond acceptors (Lipinski definition) is 5. The van der Waals surface area contributed by atoms with E-state index in [-0.39, 0.29) is 49.1 Å². The molecular weight excluding hydrogens is 490 g/mol. The van der Waals surface area contributed by atoms with Crippen LogP contribution in [0.15, 0.2) is 24.3 Å². The number of nitriles is 1. The van der Waals surface area contributed by atoms with Gasteiger partial charge in [-0.1, -0.05) is 44.7 Å². The van der Waals surface area contributed by atoms with Crippen molar-refractivity contribution in [3.8, 4) is 6.07 Å². The third-order valence-electron chi connectivity index (χ3n) is 9.48. The van der Waals surface area contributed by atoms with Gasteiger partial charge in [0.25, 0.3) is 0 Å². The lowest BCUT2D eigenvalue weighted by Crippen LogP contribution is -2.54. The predicted molar refractivity (Wildman–Crippen MR) is 158 cm³/mol. The quantitative estimate of drug-likeness (QED) is 0.461. The molecular formula is C30H51N7O2. The van der Waals surface area contributed by atoms with Gasteiger partial charge in [0, 0.05) is 18.6 Å². The molecule has 2 saturated carbocycles. The minimum atomic E-state index is -0.349. The number of hydrogen-bond donors (Lipinski definition) is 4. The molecule has 2 aliphatic carbocycles. The number of carbonyl (C=O) groups is 2. The first-order chi connectivity index (χ1) is 17.5. The Morgan fingerprint density at radius 2 is 1.26 bits per heavy atom. The minimum absolute atomic E-state index is 0. The van der Waals surface area contributed by atoms with Crippen LogP contribution in [-0.4, -0.2) is 79.8 Å². The second-order valence-corrected chi connectivity index (χ2v) is 12.0. The zero-order valence-corrected chi connectivity index (χ0v) is 23.0. The van der Waals surface area contributed by atoms with Crippen molar-refractivity contribution in [3.63, 3.8) is 0 Å². The maximum atomic E-state index is 11.5. The minimum Gasteiger partial charge on any atom is -0.336 e. The number of benzene rings is 1. The number of amides is 4. The van der Waals surface area contributed by atoms with E-state index in [4.69, 9.17) is 0 Å². The average Bonchev–Trinajstić information content (AvgIpc) is 3.42. The monoisotopic (exact) mass is 541 g/mol. The van der Waals surface area contributed by atoms with Gasteiger partial charge in [-0.2, -0.15) is 5.26 Å². The number of aryl methyl sites for hydroxylation is 1. The Morgan fingerprint density at radius 1 is 0.769 bits per heavy atom. The van der Waals surface area contributed by atoms with Crippen molar-refractivity contribution in [1.29, 1.82) is 5.26 Å². The lowest BCUT2D eigenvalue weighted by molar-refractivity contribution is 0.0652. The molecule has 9 heteroatoms. The smallest absolute Gasteiger partial charge is 0.315 e. The molecule has 1 aromatic carbocycles. The van der Waals surface area contributed by atoms with Crippen molar-refractivity contribution in [2.75, 3.05) is 41.3 Å². The Bertz CT molecular complexity index is 1050. The van der Waals surface area contributed by atoms with Gasteiger partial charge in [0.05, 0.1) is 17.1 Å². The van der Waals surface area contributed by atoms with Crippen LogP contribution in [0.3, 0.4) is 0 Å². The van der Waals surface area contributed by atoms with Gasteiger partial charge in [-0.05, 0) is 92.0 Å². The number of nitrogens with one attached hydrogen (secondary N) is 4. The van der Waals surface area contributed by atoms with Gasteiger partial charge < -0.3 is 21.3 Å². The highest BCUT2D eigenvalue weighted by Crippen LogP contribution is 2.45. The maximum absolute atomic E-state index is 11.5. The normalized spacial score (nSPS) is 33.1. The fourth-order valence-corrected chi connectivity index (χ4v) is 6.63. The first-order valence-corrected chi connectivity index (χ1v) is 13.4. The molecule has 9 nitrogen and oxygen atoms in total. The molecule has 4 amide bonds. The van der Waals surface area contributed by atoms with E-state index in [0.29, 0.717) is 6.54 Å². The van der Waals surface area contributed by atoms with Gasteiger partial charge in [-0.3, -0.25) is 9.80 Å². The Morgan fingerprint density at radius 3 is 1.62 bits per heavy atom. The van der Waals surface area contributed by atoms with Crippen LogP contribution in [0.5, 0.6) is 0 Å². The molecule has 4 aliphatic rings. The van der Waals surface area contributed by atoms with E-state index in [1.165, 1.54) is 11.1 Å². The lowest BCUT2D eigenvalue weighted by Gasteiger charge is -2.48. The molecule has 2 heterocycles. The summed E-state index contributed by atoms with van der Waals surface area (Å²) in [5.41, 5.74) is 2.32. The van der Waals surface area contributed by atoms with E-state index in [2.05, 4.69) is 77.5 Å². The zero-order chi connectivity index (χ0) is 26.9. The van der Waals surface area contributed by atoms with Crippen LogP contribution < -0.4 is 21.3 Å². The molecule has 4 fully saturated rings. The van der Waals surface area contributed by atoms with Crippen LogP contribution in [0.25, 0.3) is 0 Å². The van der Waals surface area contributed by atoms with Crippen molar-refractivity contribution in [1.82, 2.24) is 31.1 Å². The predicted octanol–water partition coefficient (Wildman–Crippen LogP) is 4.09. The van der Waals surface area contributed by atoms with Gasteiger partial charge >= 0.3 is 12.1 Å². The van der Waals surface area contributed by atoms with E-state index >= 15 is 0 Å². The highest BCUT2D eigenvalue weighted by molar-refractivity contribution is 5.78. The van der Waals surface area contributed by atoms with E-state index in [1.54, 1.807) is 0 Å². The first-order valence-electron chi connectivity index (χ1n) is 13.4. The van der Waals surface area contributed by atoms with Crippen molar-refractivity contribution < 1.29 is 9.59 Å². The summed E-state index contributed by atoms with van der Waals surface area (Å²) in [7, 11) is 8.25. The van der Waals surface area contributed by atoms with Crippen molar-refractivity contribution >= 4 is 12.1 Å². The average molecular weight is 542 g/mol. The summed E-state index contributed by atoms with van der Waals surface area (Å²) in [6.07, 6.45) is 7.58. The SMILES string of the molecule is C.C.CN(C)C1(C#N)CCC2(CC1)CNC(=O)N2.Cc1cccc(C2(N(C)C)CCC3(CC2)CNC(=O)N3)c1. The second kappa shape index (κ2) is 12.1. The summed E-state index contributed by atoms with van der Waals surface area (Å²) in [6, 6.07) is 11.2. The van der Waals surface area contributed by atoms with Crippen molar-refractivity contribution in [2.24, 2.45) is 0 Å². The Kier molecular flexibility index (Phi) is 10.1.